The van der Waals surface area contributed by atoms with Crippen molar-refractivity contribution in [3.63, 3.8) is 0 Å². The van der Waals surface area contributed by atoms with Crippen molar-refractivity contribution in [3.8, 4) is 17.3 Å². The van der Waals surface area contributed by atoms with Crippen molar-refractivity contribution in [2.24, 2.45) is 0 Å². The van der Waals surface area contributed by atoms with Crippen LogP contribution < -0.4 is 14.5 Å². The molecule has 0 N–H and O–H groups in total. The molecule has 10 rings (SSSR count). The van der Waals surface area contributed by atoms with Gasteiger partial charge in [-0.2, -0.15) is 0 Å². The first kappa shape index (κ1) is 47.6. The number of rotatable bonds is 9. The van der Waals surface area contributed by atoms with Crippen molar-refractivity contribution in [1.82, 2.24) is 9.55 Å². The average Bonchev–Trinajstić information content (AvgIpc) is 3.89. The van der Waals surface area contributed by atoms with Gasteiger partial charge in [-0.1, -0.05) is 175 Å². The second kappa shape index (κ2) is 17.3. The third kappa shape index (κ3) is 8.90. The number of anilines is 4. The van der Waals surface area contributed by atoms with Gasteiger partial charge < -0.3 is 14.5 Å². The minimum absolute atomic E-state index is 0.00977. The van der Waals surface area contributed by atoms with Crippen LogP contribution in [0.1, 0.15) is 129 Å². The standard InChI is InChI=1S/C66H70N4O/c1-62(2,3)44-24-28-51(29-25-44)68-43-69(58-33-26-47(39-60(58)68)63(4,5)6)52-36-50(66(12,13)46-22-18-15-19-23-46)37-54(41-52)71-53-30-31-55-56-38-49(65(10,11)45-20-16-14-17-21-45)27-32-57(56)70(59(55)42-53)61-40-48(34-35-67-61)64(7,8)9/h14-42H,43H2,1-13H3. The van der Waals surface area contributed by atoms with Crippen LogP contribution in [0.3, 0.4) is 0 Å². The van der Waals surface area contributed by atoms with E-state index in [1.807, 2.05) is 6.20 Å². The van der Waals surface area contributed by atoms with Gasteiger partial charge in [0, 0.05) is 51.3 Å². The molecule has 0 saturated carbocycles. The molecule has 0 radical (unpaired) electrons. The SMILES string of the molecule is CC(C)(C)c1ccc(N2CN(c3cc(Oc4ccc5c6cc(C(C)(C)c7ccccc7)ccc6n(-c6cc(C(C)(C)C)ccn6)c5c4)cc(C(C)(C)c4ccccc4)c3)c3ccc(C(C)(C)C)cc32)cc1. The third-order valence-electron chi connectivity index (χ3n) is 15.2. The summed E-state index contributed by atoms with van der Waals surface area (Å²) >= 11 is 0. The number of hydrogen-bond acceptors (Lipinski definition) is 4. The van der Waals surface area contributed by atoms with Crippen LogP contribution in [0.5, 0.6) is 11.5 Å². The number of nitrogens with zero attached hydrogens (tertiary/aromatic N) is 4. The molecule has 1 aliphatic rings. The highest BCUT2D eigenvalue weighted by Gasteiger charge is 2.33. The molecular formula is C66H70N4O. The lowest BCUT2D eigenvalue weighted by Gasteiger charge is -2.29. The lowest BCUT2D eigenvalue weighted by molar-refractivity contribution is 0.480. The summed E-state index contributed by atoms with van der Waals surface area (Å²) < 4.78 is 9.51. The van der Waals surface area contributed by atoms with E-state index in [1.165, 1.54) is 61.4 Å². The number of benzene rings is 7. The largest absolute Gasteiger partial charge is 0.457 e. The summed E-state index contributed by atoms with van der Waals surface area (Å²) in [6, 6.07) is 62.6. The Labute approximate surface area is 422 Å². The molecule has 5 heteroatoms. The van der Waals surface area contributed by atoms with Gasteiger partial charge in [0.05, 0.1) is 22.4 Å². The summed E-state index contributed by atoms with van der Waals surface area (Å²) in [5, 5.41) is 2.34. The van der Waals surface area contributed by atoms with Crippen molar-refractivity contribution in [1.29, 1.82) is 0 Å². The lowest BCUT2D eigenvalue weighted by atomic mass is 9.78. The average molecular weight is 935 g/mol. The fraction of sp³-hybridized carbons (Fsp3) is 0.288. The summed E-state index contributed by atoms with van der Waals surface area (Å²) in [6.07, 6.45) is 1.95. The minimum Gasteiger partial charge on any atom is -0.457 e. The maximum atomic E-state index is 7.19. The van der Waals surface area contributed by atoms with Crippen LogP contribution in [0.25, 0.3) is 27.6 Å². The Bertz CT molecular complexity index is 3410. The normalized spacial score (nSPS) is 13.6. The van der Waals surface area contributed by atoms with Crippen LogP contribution in [0.2, 0.25) is 0 Å². The van der Waals surface area contributed by atoms with E-state index in [9.17, 15) is 0 Å². The van der Waals surface area contributed by atoms with Gasteiger partial charge in [0.15, 0.2) is 0 Å². The molecule has 9 aromatic rings. The molecule has 0 saturated heterocycles. The summed E-state index contributed by atoms with van der Waals surface area (Å²) in [4.78, 5) is 9.97. The van der Waals surface area contributed by atoms with Gasteiger partial charge in [0.2, 0.25) is 0 Å². The fourth-order valence-electron chi connectivity index (χ4n) is 10.4. The van der Waals surface area contributed by atoms with Crippen LogP contribution in [-0.2, 0) is 27.1 Å². The van der Waals surface area contributed by atoms with E-state index in [0.717, 1.165) is 39.4 Å². The second-order valence-electron chi connectivity index (χ2n) is 23.9. The van der Waals surface area contributed by atoms with Gasteiger partial charge in [-0.3, -0.25) is 4.57 Å². The highest BCUT2D eigenvalue weighted by atomic mass is 16.5. The Balaban J connectivity index is 1.12. The molecule has 0 bridgehead atoms. The molecule has 1 aliphatic heterocycles. The fourth-order valence-corrected chi connectivity index (χ4v) is 10.4. The van der Waals surface area contributed by atoms with Crippen LogP contribution in [-0.4, -0.2) is 16.2 Å². The first-order chi connectivity index (χ1) is 33.6. The van der Waals surface area contributed by atoms with Crippen LogP contribution in [0, 0.1) is 0 Å². The number of ether oxygens (including phenoxy) is 1. The number of pyridine rings is 1. The minimum atomic E-state index is -0.331. The van der Waals surface area contributed by atoms with Gasteiger partial charge in [-0.25, -0.2) is 4.98 Å². The predicted octanol–water partition coefficient (Wildman–Crippen LogP) is 17.8. The zero-order chi connectivity index (χ0) is 50.3. The Hall–Kier alpha value is -7.11. The van der Waals surface area contributed by atoms with Gasteiger partial charge >= 0.3 is 0 Å². The molecule has 71 heavy (non-hydrogen) atoms. The summed E-state index contributed by atoms with van der Waals surface area (Å²) in [6.45, 7) is 30.4. The van der Waals surface area contributed by atoms with E-state index >= 15 is 0 Å². The van der Waals surface area contributed by atoms with E-state index in [2.05, 4.69) is 274 Å². The van der Waals surface area contributed by atoms with Crippen molar-refractivity contribution < 1.29 is 4.74 Å². The molecule has 5 nitrogen and oxygen atoms in total. The number of aromatic nitrogens is 2. The van der Waals surface area contributed by atoms with E-state index < -0.39 is 0 Å². The maximum absolute atomic E-state index is 7.19. The van der Waals surface area contributed by atoms with E-state index in [-0.39, 0.29) is 27.1 Å². The Kier molecular flexibility index (Phi) is 11.6. The lowest BCUT2D eigenvalue weighted by Crippen LogP contribution is -2.25. The van der Waals surface area contributed by atoms with Crippen molar-refractivity contribution in [3.05, 3.63) is 215 Å². The van der Waals surface area contributed by atoms with E-state index in [1.54, 1.807) is 0 Å². The highest BCUT2D eigenvalue weighted by molar-refractivity contribution is 6.10. The van der Waals surface area contributed by atoms with Crippen molar-refractivity contribution >= 4 is 44.6 Å². The molecule has 360 valence electrons. The Morgan fingerprint density at radius 1 is 0.380 bits per heavy atom. The molecule has 2 aromatic heterocycles. The van der Waals surface area contributed by atoms with Crippen LogP contribution in [0.4, 0.5) is 22.7 Å². The molecule has 0 amide bonds. The summed E-state index contributed by atoms with van der Waals surface area (Å²) in [5.74, 6) is 2.43. The number of fused-ring (bicyclic) bond motifs is 4. The topological polar surface area (TPSA) is 33.5 Å². The molecule has 0 atom stereocenters. The van der Waals surface area contributed by atoms with Gasteiger partial charge in [-0.15, -0.1) is 0 Å². The molecular weight excluding hydrogens is 865 g/mol. The predicted molar refractivity (Wildman–Crippen MR) is 300 cm³/mol. The Morgan fingerprint density at radius 2 is 0.958 bits per heavy atom. The molecule has 3 heterocycles. The molecule has 0 spiro atoms. The Morgan fingerprint density at radius 3 is 1.59 bits per heavy atom. The van der Waals surface area contributed by atoms with Crippen LogP contribution in [0.15, 0.2) is 176 Å². The zero-order valence-corrected chi connectivity index (χ0v) is 44.1. The second-order valence-corrected chi connectivity index (χ2v) is 23.9. The first-order valence-corrected chi connectivity index (χ1v) is 25.4. The molecule has 0 aliphatic carbocycles. The molecule has 7 aromatic carbocycles. The van der Waals surface area contributed by atoms with Gasteiger partial charge in [-0.05, 0) is 128 Å². The van der Waals surface area contributed by atoms with Gasteiger partial charge in [0.25, 0.3) is 0 Å². The molecule has 0 unspecified atom stereocenters. The highest BCUT2D eigenvalue weighted by Crippen LogP contribution is 2.49. The smallest absolute Gasteiger partial charge is 0.137 e. The monoisotopic (exact) mass is 935 g/mol. The van der Waals surface area contributed by atoms with Crippen LogP contribution >= 0.6 is 0 Å². The zero-order valence-electron chi connectivity index (χ0n) is 44.1. The van der Waals surface area contributed by atoms with E-state index in [0.29, 0.717) is 6.67 Å². The molecule has 0 fully saturated rings. The summed E-state index contributed by atoms with van der Waals surface area (Å²) in [5.41, 5.74) is 15.1. The maximum Gasteiger partial charge on any atom is 0.137 e. The first-order valence-electron chi connectivity index (χ1n) is 25.4. The van der Waals surface area contributed by atoms with E-state index in [4.69, 9.17) is 9.72 Å². The van der Waals surface area contributed by atoms with Crippen molar-refractivity contribution in [2.75, 3.05) is 16.5 Å². The summed E-state index contributed by atoms with van der Waals surface area (Å²) in [7, 11) is 0. The quantitative estimate of drug-likeness (QED) is 0.144. The third-order valence-corrected chi connectivity index (χ3v) is 15.2. The number of hydrogen-bond donors (Lipinski definition) is 0. The van der Waals surface area contributed by atoms with Gasteiger partial charge in [0.1, 0.15) is 24.0 Å². The van der Waals surface area contributed by atoms with Crippen molar-refractivity contribution in [2.45, 2.75) is 117 Å².